The highest BCUT2D eigenvalue weighted by atomic mass is 35.5. The molecule has 0 N–H and O–H groups in total. The van der Waals surface area contributed by atoms with Crippen molar-refractivity contribution in [3.8, 4) is 0 Å². The molecule has 0 saturated carbocycles. The number of nitrogens with zero attached hydrogens (tertiary/aromatic N) is 3. The maximum atomic E-state index is 13.9. The van der Waals surface area contributed by atoms with Gasteiger partial charge in [0.2, 0.25) is 0 Å². The van der Waals surface area contributed by atoms with Crippen molar-refractivity contribution in [1.29, 1.82) is 0 Å². The second-order valence-electron chi connectivity index (χ2n) is 5.44. The van der Waals surface area contributed by atoms with Crippen LogP contribution >= 0.6 is 11.6 Å². The van der Waals surface area contributed by atoms with Crippen molar-refractivity contribution in [1.82, 2.24) is 14.5 Å². The number of hydrogen-bond acceptors (Lipinski definition) is 3. The lowest BCUT2D eigenvalue weighted by Gasteiger charge is -2.30. The predicted molar refractivity (Wildman–Crippen MR) is 81.4 cm³/mol. The minimum atomic E-state index is -0.288. The summed E-state index contributed by atoms with van der Waals surface area (Å²) in [7, 11) is 2.08. The van der Waals surface area contributed by atoms with E-state index in [1.807, 2.05) is 10.6 Å². The molecule has 0 radical (unpaired) electrons. The summed E-state index contributed by atoms with van der Waals surface area (Å²) in [5.41, 5.74) is 1.23. The number of fused-ring (bicyclic) bond motifs is 1. The first-order valence-corrected chi connectivity index (χ1v) is 7.72. The number of hydrogen-bond donors (Lipinski definition) is 0. The maximum absolute atomic E-state index is 13.9. The summed E-state index contributed by atoms with van der Waals surface area (Å²) in [6.45, 7) is 3.23. The molecule has 2 aromatic rings. The van der Waals surface area contributed by atoms with E-state index in [2.05, 4.69) is 16.9 Å². The van der Waals surface area contributed by atoms with E-state index in [0.717, 1.165) is 31.0 Å². The van der Waals surface area contributed by atoms with Gasteiger partial charge in [0.15, 0.2) is 5.82 Å². The summed E-state index contributed by atoms with van der Waals surface area (Å²) in [5.74, 6) is 1.00. The molecule has 114 valence electrons. The van der Waals surface area contributed by atoms with Crippen LogP contribution in [0, 0.1) is 5.82 Å². The van der Waals surface area contributed by atoms with Crippen molar-refractivity contribution in [3.63, 3.8) is 0 Å². The first-order valence-electron chi connectivity index (χ1n) is 7.19. The number of imidazole rings is 1. The Kier molecular flexibility index (Phi) is 4.42. The predicted octanol–water partition coefficient (Wildman–Crippen LogP) is 2.29. The van der Waals surface area contributed by atoms with Crippen LogP contribution in [0.5, 0.6) is 0 Å². The highest BCUT2D eigenvalue weighted by Crippen LogP contribution is 2.21. The van der Waals surface area contributed by atoms with Crippen LogP contribution in [-0.2, 0) is 17.7 Å². The summed E-state index contributed by atoms with van der Waals surface area (Å²) in [4.78, 5) is 6.67. The van der Waals surface area contributed by atoms with Crippen molar-refractivity contribution >= 4 is 22.6 Å². The third-order valence-electron chi connectivity index (χ3n) is 3.85. The fourth-order valence-electron chi connectivity index (χ4n) is 2.82. The normalized spacial score (nSPS) is 20.2. The Labute approximate surface area is 128 Å². The van der Waals surface area contributed by atoms with Crippen LogP contribution in [-0.4, -0.2) is 53.2 Å². The minimum absolute atomic E-state index is 0.0958. The Morgan fingerprint density at radius 1 is 1.48 bits per heavy atom. The molecule has 1 aromatic carbocycles. The molecule has 1 aliphatic heterocycles. The number of rotatable bonds is 4. The zero-order chi connectivity index (χ0) is 14.8. The Bertz CT molecular complexity index is 631. The van der Waals surface area contributed by atoms with Gasteiger partial charge in [0, 0.05) is 25.4 Å². The van der Waals surface area contributed by atoms with Crippen molar-refractivity contribution in [2.75, 3.05) is 32.6 Å². The third kappa shape index (κ3) is 3.05. The molecule has 1 fully saturated rings. The van der Waals surface area contributed by atoms with E-state index in [9.17, 15) is 4.39 Å². The highest BCUT2D eigenvalue weighted by molar-refractivity contribution is 6.17. The Morgan fingerprint density at radius 3 is 3.10 bits per heavy atom. The molecule has 0 bridgehead atoms. The standard InChI is InChI=1S/C15H19ClFN3O/c1-19-7-8-21-11(9-19)10-20-13-4-2-3-12(17)15(13)18-14(20)5-6-16/h2-4,11H,5-10H2,1H3. The fraction of sp³-hybridized carbons (Fsp3) is 0.533. The molecular formula is C15H19ClFN3O. The van der Waals surface area contributed by atoms with E-state index in [4.69, 9.17) is 16.3 Å². The average molecular weight is 312 g/mol. The number of alkyl halides is 1. The van der Waals surface area contributed by atoms with Crippen LogP contribution in [0.1, 0.15) is 5.82 Å². The smallest absolute Gasteiger partial charge is 0.151 e. The molecule has 0 spiro atoms. The molecule has 4 nitrogen and oxygen atoms in total. The van der Waals surface area contributed by atoms with Gasteiger partial charge in [-0.2, -0.15) is 0 Å². The van der Waals surface area contributed by atoms with E-state index in [0.29, 0.717) is 24.4 Å². The average Bonchev–Trinajstić information content (AvgIpc) is 2.79. The van der Waals surface area contributed by atoms with Gasteiger partial charge in [-0.25, -0.2) is 9.37 Å². The molecule has 2 heterocycles. The zero-order valence-electron chi connectivity index (χ0n) is 12.1. The Morgan fingerprint density at radius 2 is 2.33 bits per heavy atom. The summed E-state index contributed by atoms with van der Waals surface area (Å²) in [5, 5.41) is 0. The number of morpholine rings is 1. The lowest BCUT2D eigenvalue weighted by Crippen LogP contribution is -2.42. The number of ether oxygens (including phenoxy) is 1. The van der Waals surface area contributed by atoms with Gasteiger partial charge in [-0.15, -0.1) is 11.6 Å². The van der Waals surface area contributed by atoms with Crippen LogP contribution in [0.15, 0.2) is 18.2 Å². The van der Waals surface area contributed by atoms with Gasteiger partial charge in [0.05, 0.1) is 24.8 Å². The fourth-order valence-corrected chi connectivity index (χ4v) is 2.99. The van der Waals surface area contributed by atoms with Crippen molar-refractivity contribution < 1.29 is 9.13 Å². The van der Waals surface area contributed by atoms with E-state index in [1.54, 1.807) is 6.07 Å². The van der Waals surface area contributed by atoms with Crippen LogP contribution in [0.25, 0.3) is 11.0 Å². The summed E-state index contributed by atoms with van der Waals surface area (Å²) < 4.78 is 21.8. The van der Waals surface area contributed by atoms with Crippen molar-refractivity contribution in [2.24, 2.45) is 0 Å². The highest BCUT2D eigenvalue weighted by Gasteiger charge is 2.21. The minimum Gasteiger partial charge on any atom is -0.374 e. The molecule has 1 atom stereocenters. The maximum Gasteiger partial charge on any atom is 0.151 e. The third-order valence-corrected chi connectivity index (χ3v) is 4.04. The number of likely N-dealkylation sites (N-methyl/N-ethyl adjacent to an activating group) is 1. The molecule has 0 aliphatic carbocycles. The quantitative estimate of drug-likeness (QED) is 0.812. The van der Waals surface area contributed by atoms with Gasteiger partial charge in [-0.05, 0) is 19.2 Å². The van der Waals surface area contributed by atoms with Gasteiger partial charge in [-0.1, -0.05) is 6.07 Å². The molecule has 21 heavy (non-hydrogen) atoms. The largest absolute Gasteiger partial charge is 0.374 e. The Hall–Kier alpha value is -1.17. The molecule has 1 aromatic heterocycles. The zero-order valence-corrected chi connectivity index (χ0v) is 12.8. The molecule has 0 amide bonds. The first-order chi connectivity index (χ1) is 10.2. The molecule has 1 saturated heterocycles. The van der Waals surface area contributed by atoms with Crippen LogP contribution < -0.4 is 0 Å². The van der Waals surface area contributed by atoms with E-state index in [-0.39, 0.29) is 11.9 Å². The van der Waals surface area contributed by atoms with Crippen LogP contribution in [0.3, 0.4) is 0 Å². The van der Waals surface area contributed by atoms with Crippen molar-refractivity contribution in [3.05, 3.63) is 29.8 Å². The summed E-state index contributed by atoms with van der Waals surface area (Å²) in [6.07, 6.45) is 0.719. The second kappa shape index (κ2) is 6.30. The van der Waals surface area contributed by atoms with E-state index in [1.165, 1.54) is 6.07 Å². The topological polar surface area (TPSA) is 30.3 Å². The van der Waals surface area contributed by atoms with Gasteiger partial charge in [0.1, 0.15) is 11.3 Å². The summed E-state index contributed by atoms with van der Waals surface area (Å²) >= 11 is 5.85. The van der Waals surface area contributed by atoms with Gasteiger partial charge < -0.3 is 14.2 Å². The number of halogens is 2. The lowest BCUT2D eigenvalue weighted by molar-refractivity contribution is -0.0272. The van der Waals surface area contributed by atoms with E-state index < -0.39 is 0 Å². The number of benzene rings is 1. The monoisotopic (exact) mass is 311 g/mol. The number of aromatic nitrogens is 2. The number of para-hydroxylation sites is 1. The van der Waals surface area contributed by atoms with E-state index >= 15 is 0 Å². The van der Waals surface area contributed by atoms with Gasteiger partial charge in [-0.3, -0.25) is 0 Å². The van der Waals surface area contributed by atoms with Gasteiger partial charge in [0.25, 0.3) is 0 Å². The van der Waals surface area contributed by atoms with Gasteiger partial charge >= 0.3 is 0 Å². The lowest BCUT2D eigenvalue weighted by atomic mass is 10.2. The molecular weight excluding hydrogens is 293 g/mol. The molecule has 3 rings (SSSR count). The second-order valence-corrected chi connectivity index (χ2v) is 5.82. The van der Waals surface area contributed by atoms with Crippen LogP contribution in [0.2, 0.25) is 0 Å². The SMILES string of the molecule is CN1CCOC(Cn2c(CCCl)nc3c(F)cccc32)C1. The first kappa shape index (κ1) is 14.8. The Balaban J connectivity index is 1.95. The van der Waals surface area contributed by atoms with Crippen LogP contribution in [0.4, 0.5) is 4.39 Å². The summed E-state index contributed by atoms with van der Waals surface area (Å²) in [6, 6.07) is 5.05. The molecule has 1 unspecified atom stereocenters. The number of aryl methyl sites for hydroxylation is 1. The molecule has 1 aliphatic rings. The van der Waals surface area contributed by atoms with Crippen molar-refractivity contribution in [2.45, 2.75) is 19.1 Å². The molecule has 6 heteroatoms.